The maximum absolute atomic E-state index is 14.8. The fourth-order valence-electron chi connectivity index (χ4n) is 3.39. The van der Waals surface area contributed by atoms with E-state index < -0.39 is 27.3 Å². The van der Waals surface area contributed by atoms with E-state index in [2.05, 4.69) is 5.10 Å². The molecule has 0 atom stereocenters. The number of amides is 1. The number of hydrogen-bond acceptors (Lipinski definition) is 5. The minimum atomic E-state index is -3.86. The number of aromatic nitrogens is 2. The van der Waals surface area contributed by atoms with Gasteiger partial charge < -0.3 is 4.74 Å². The number of sulfonamides is 1. The molecule has 164 valence electrons. The van der Waals surface area contributed by atoms with E-state index in [1.165, 1.54) is 4.68 Å². The van der Waals surface area contributed by atoms with Crippen molar-refractivity contribution in [1.29, 1.82) is 0 Å². The summed E-state index contributed by atoms with van der Waals surface area (Å²) in [6.07, 6.45) is 0.800. The van der Waals surface area contributed by atoms with Crippen LogP contribution in [0.15, 0.2) is 60.7 Å². The van der Waals surface area contributed by atoms with Gasteiger partial charge in [-0.25, -0.2) is 22.2 Å². The highest BCUT2D eigenvalue weighted by molar-refractivity contribution is 7.89. The minimum absolute atomic E-state index is 0.0184. The molecule has 0 spiro atoms. The molecule has 0 saturated carbocycles. The molecule has 1 N–H and O–H groups in total. The van der Waals surface area contributed by atoms with E-state index in [4.69, 9.17) is 16.3 Å². The van der Waals surface area contributed by atoms with E-state index in [0.29, 0.717) is 17.0 Å². The van der Waals surface area contributed by atoms with Crippen molar-refractivity contribution >= 4 is 38.4 Å². The van der Waals surface area contributed by atoms with Crippen LogP contribution in [0.2, 0.25) is 5.02 Å². The van der Waals surface area contributed by atoms with Crippen molar-refractivity contribution in [1.82, 2.24) is 14.5 Å². The molecule has 1 amide bonds. The number of halogens is 2. The summed E-state index contributed by atoms with van der Waals surface area (Å²) >= 11 is 6.38. The lowest BCUT2D eigenvalue weighted by Crippen LogP contribution is -2.30. The van der Waals surface area contributed by atoms with Crippen LogP contribution in [-0.4, -0.2) is 37.5 Å². The third-order valence-corrected chi connectivity index (χ3v) is 5.60. The zero-order valence-electron chi connectivity index (χ0n) is 17.0. The number of ether oxygens (including phenoxy) is 1. The molecule has 0 aliphatic heterocycles. The Morgan fingerprint density at radius 2 is 1.81 bits per heavy atom. The van der Waals surface area contributed by atoms with Gasteiger partial charge in [-0.05, 0) is 24.3 Å². The van der Waals surface area contributed by atoms with Crippen LogP contribution in [-0.2, 0) is 10.0 Å². The smallest absolute Gasteiger partial charge is 0.267 e. The van der Waals surface area contributed by atoms with Gasteiger partial charge in [0.2, 0.25) is 10.0 Å². The second-order valence-corrected chi connectivity index (χ2v) is 9.12. The number of hydrogen-bond donors (Lipinski definition) is 1. The summed E-state index contributed by atoms with van der Waals surface area (Å²) in [6.45, 7) is 0. The fraction of sp³-hybridized carbons (Fsp3) is 0.0909. The Balaban J connectivity index is 1.90. The Morgan fingerprint density at radius 3 is 2.53 bits per heavy atom. The molecule has 3 aromatic carbocycles. The van der Waals surface area contributed by atoms with E-state index in [-0.39, 0.29) is 10.7 Å². The third-order valence-electron chi connectivity index (χ3n) is 4.74. The Labute approximate surface area is 188 Å². The molecule has 1 heterocycles. The zero-order chi connectivity index (χ0) is 23.0. The Bertz CT molecular complexity index is 1470. The van der Waals surface area contributed by atoms with Crippen molar-refractivity contribution in [2.75, 3.05) is 13.4 Å². The van der Waals surface area contributed by atoms with E-state index in [9.17, 15) is 17.6 Å². The van der Waals surface area contributed by atoms with E-state index >= 15 is 0 Å². The van der Waals surface area contributed by atoms with Crippen LogP contribution in [0.4, 0.5) is 4.39 Å². The molecule has 32 heavy (non-hydrogen) atoms. The number of fused-ring (bicyclic) bond motifs is 1. The second-order valence-electron chi connectivity index (χ2n) is 6.96. The van der Waals surface area contributed by atoms with Crippen molar-refractivity contribution in [3.05, 3.63) is 77.1 Å². The Hall–Kier alpha value is -3.43. The fourth-order valence-corrected chi connectivity index (χ4v) is 4.08. The van der Waals surface area contributed by atoms with E-state index in [1.807, 2.05) is 42.5 Å². The molecular weight excluding hydrogens is 457 g/mol. The largest absolute Gasteiger partial charge is 0.496 e. The van der Waals surface area contributed by atoms with Crippen LogP contribution >= 0.6 is 11.6 Å². The van der Waals surface area contributed by atoms with Gasteiger partial charge in [0.15, 0.2) is 0 Å². The predicted octanol–water partition coefficient (Wildman–Crippen LogP) is 4.18. The van der Waals surface area contributed by atoms with Crippen LogP contribution in [0.5, 0.6) is 5.75 Å². The third kappa shape index (κ3) is 4.04. The van der Waals surface area contributed by atoms with E-state index in [0.717, 1.165) is 29.3 Å². The molecule has 4 rings (SSSR count). The first-order chi connectivity index (χ1) is 15.2. The summed E-state index contributed by atoms with van der Waals surface area (Å²) in [5, 5.41) is 5.47. The maximum atomic E-state index is 14.8. The summed E-state index contributed by atoms with van der Waals surface area (Å²) in [4.78, 5) is 12.1. The molecule has 0 unspecified atom stereocenters. The van der Waals surface area contributed by atoms with Crippen LogP contribution in [0.1, 0.15) is 10.4 Å². The second kappa shape index (κ2) is 8.25. The average Bonchev–Trinajstić information content (AvgIpc) is 3.13. The highest BCUT2D eigenvalue weighted by atomic mass is 35.5. The minimum Gasteiger partial charge on any atom is -0.496 e. The highest BCUT2D eigenvalue weighted by Crippen LogP contribution is 2.36. The van der Waals surface area contributed by atoms with Gasteiger partial charge in [-0.1, -0.05) is 41.9 Å². The molecule has 10 heteroatoms. The molecule has 0 bridgehead atoms. The van der Waals surface area contributed by atoms with Crippen LogP contribution in [0, 0.1) is 5.82 Å². The molecule has 4 aromatic rings. The first-order valence-electron chi connectivity index (χ1n) is 9.32. The predicted molar refractivity (Wildman–Crippen MR) is 120 cm³/mol. The molecular formula is C22H17ClFN3O4S. The molecule has 0 aliphatic carbocycles. The number of nitrogens with one attached hydrogen (secondary N) is 1. The molecule has 7 nitrogen and oxygen atoms in total. The van der Waals surface area contributed by atoms with Gasteiger partial charge >= 0.3 is 0 Å². The lowest BCUT2D eigenvalue weighted by atomic mass is 10.1. The Morgan fingerprint density at radius 1 is 1.12 bits per heavy atom. The van der Waals surface area contributed by atoms with Gasteiger partial charge in [0, 0.05) is 17.0 Å². The average molecular weight is 474 g/mol. The monoisotopic (exact) mass is 473 g/mol. The normalized spacial score (nSPS) is 11.5. The van der Waals surface area contributed by atoms with Gasteiger partial charge in [0.1, 0.15) is 17.3 Å². The number of para-hydroxylation sites is 2. The standard InChI is InChI=1S/C22H17ClFN3O4S/c1-31-20-10-6-4-8-14(20)21-13-7-3-5-9-18(13)27(25-21)19-12-17(24)15(11-16(19)23)22(28)26-32(2,29)30/h3-12H,1-2H3,(H,26,28). The Kier molecular flexibility index (Phi) is 5.62. The number of rotatable bonds is 5. The van der Waals surface area contributed by atoms with Gasteiger partial charge in [-0.15, -0.1) is 0 Å². The lowest BCUT2D eigenvalue weighted by molar-refractivity contribution is 0.0978. The highest BCUT2D eigenvalue weighted by Gasteiger charge is 2.22. The molecule has 0 radical (unpaired) electrons. The van der Waals surface area contributed by atoms with Crippen molar-refractivity contribution in [2.45, 2.75) is 0 Å². The van der Waals surface area contributed by atoms with Crippen LogP contribution < -0.4 is 9.46 Å². The molecule has 0 aliphatic rings. The van der Waals surface area contributed by atoms with Gasteiger partial charge in [-0.2, -0.15) is 5.10 Å². The zero-order valence-corrected chi connectivity index (χ0v) is 18.5. The lowest BCUT2D eigenvalue weighted by Gasteiger charge is -2.10. The topological polar surface area (TPSA) is 90.3 Å². The summed E-state index contributed by atoms with van der Waals surface area (Å²) in [6, 6.07) is 16.8. The van der Waals surface area contributed by atoms with Crippen molar-refractivity contribution in [3.8, 4) is 22.7 Å². The molecule has 1 aromatic heterocycles. The van der Waals surface area contributed by atoms with Crippen molar-refractivity contribution in [3.63, 3.8) is 0 Å². The summed E-state index contributed by atoms with van der Waals surface area (Å²) in [5.41, 5.74) is 1.70. The van der Waals surface area contributed by atoms with Gasteiger partial charge in [0.25, 0.3) is 5.91 Å². The number of carbonyl (C=O) groups excluding carboxylic acids is 1. The first-order valence-corrected chi connectivity index (χ1v) is 11.6. The van der Waals surface area contributed by atoms with Gasteiger partial charge in [0.05, 0.1) is 35.2 Å². The summed E-state index contributed by atoms with van der Waals surface area (Å²) < 4.78 is 46.1. The van der Waals surface area contributed by atoms with Crippen molar-refractivity contribution < 1.29 is 22.3 Å². The van der Waals surface area contributed by atoms with E-state index in [1.54, 1.807) is 17.9 Å². The summed E-state index contributed by atoms with van der Waals surface area (Å²) in [7, 11) is -2.30. The van der Waals surface area contributed by atoms with Crippen molar-refractivity contribution in [2.24, 2.45) is 0 Å². The number of benzene rings is 3. The SMILES string of the molecule is COc1ccccc1-c1nn(-c2cc(F)c(C(=O)NS(C)(=O)=O)cc2Cl)c2ccccc12. The van der Waals surface area contributed by atoms with Gasteiger partial charge in [-0.3, -0.25) is 4.79 Å². The number of nitrogens with zero attached hydrogens (tertiary/aromatic N) is 2. The molecule has 0 saturated heterocycles. The van der Waals surface area contributed by atoms with Crippen LogP contribution in [0.3, 0.4) is 0 Å². The number of carbonyl (C=O) groups is 1. The summed E-state index contributed by atoms with van der Waals surface area (Å²) in [5.74, 6) is -1.43. The van der Waals surface area contributed by atoms with Crippen LogP contribution in [0.25, 0.3) is 27.8 Å². The maximum Gasteiger partial charge on any atom is 0.267 e. The molecule has 0 fully saturated rings. The number of methoxy groups -OCH3 is 1. The quantitative estimate of drug-likeness (QED) is 0.469. The first kappa shape index (κ1) is 21.8.